The molecule has 5 N–H and O–H groups in total. The topological polar surface area (TPSA) is 126 Å². The van der Waals surface area contributed by atoms with Gasteiger partial charge < -0.3 is 21.7 Å². The van der Waals surface area contributed by atoms with Gasteiger partial charge in [-0.15, -0.1) is 0 Å². The normalized spacial score (nSPS) is 14.8. The Morgan fingerprint density at radius 3 is 2.55 bits per heavy atom. The fourth-order valence-electron chi connectivity index (χ4n) is 4.71. The molecule has 5 rings (SSSR count). The number of carbonyl (C=O) groups excluding carboxylic acids is 3. The Balaban J connectivity index is 1.46. The third kappa shape index (κ3) is 5.80. The lowest BCUT2D eigenvalue weighted by Crippen LogP contribution is -2.43. The van der Waals surface area contributed by atoms with E-state index in [4.69, 9.17) is 5.73 Å². The summed E-state index contributed by atoms with van der Waals surface area (Å²) in [7, 11) is 0. The molecule has 1 aliphatic rings. The average molecular weight is 542 g/mol. The van der Waals surface area contributed by atoms with E-state index in [2.05, 4.69) is 20.9 Å². The number of amides is 3. The Bertz CT molecular complexity index is 1610. The molecule has 3 amide bonds. The van der Waals surface area contributed by atoms with E-state index in [1.807, 2.05) is 6.07 Å². The van der Waals surface area contributed by atoms with E-state index >= 15 is 0 Å². The minimum Gasteiger partial charge on any atom is -0.372 e. The van der Waals surface area contributed by atoms with Crippen LogP contribution >= 0.6 is 0 Å². The minimum absolute atomic E-state index is 0.171. The second-order valence-corrected chi connectivity index (χ2v) is 9.39. The number of rotatable bonds is 8. The van der Waals surface area contributed by atoms with Crippen molar-refractivity contribution in [2.75, 3.05) is 10.6 Å². The number of pyridine rings is 1. The number of hydrogen-bond donors (Lipinski definition) is 4. The predicted octanol–water partition coefficient (Wildman–Crippen LogP) is 4.35. The zero-order valence-corrected chi connectivity index (χ0v) is 21.2. The maximum absolute atomic E-state index is 14.2. The van der Waals surface area contributed by atoms with Gasteiger partial charge in [-0.25, -0.2) is 8.78 Å². The SMILES string of the molecule is NC(=O)c1cc(-c2cccnc2C(Cc2cccc(F)c2)NC(=O)C[C@@H]2Nc3ccccc3NC2=O)ccc1F. The number of nitrogens with zero attached hydrogens (tertiary/aromatic N) is 1. The summed E-state index contributed by atoms with van der Waals surface area (Å²) in [4.78, 5) is 42.2. The van der Waals surface area contributed by atoms with Gasteiger partial charge in [-0.2, -0.15) is 0 Å². The molecule has 2 atom stereocenters. The Labute approximate surface area is 228 Å². The van der Waals surface area contributed by atoms with Crippen molar-refractivity contribution >= 4 is 29.1 Å². The molecule has 0 aliphatic carbocycles. The van der Waals surface area contributed by atoms with Crippen LogP contribution in [-0.2, 0) is 16.0 Å². The number of halogens is 2. The van der Waals surface area contributed by atoms with Gasteiger partial charge in [-0.3, -0.25) is 19.4 Å². The maximum Gasteiger partial charge on any atom is 0.251 e. The molecule has 3 aromatic carbocycles. The third-order valence-corrected chi connectivity index (χ3v) is 6.60. The van der Waals surface area contributed by atoms with E-state index in [0.29, 0.717) is 33.8 Å². The van der Waals surface area contributed by atoms with Crippen LogP contribution in [0.1, 0.15) is 34.1 Å². The monoisotopic (exact) mass is 541 g/mol. The fraction of sp³-hybridized carbons (Fsp3) is 0.133. The van der Waals surface area contributed by atoms with E-state index in [1.54, 1.807) is 42.5 Å². The number of anilines is 2. The molecule has 0 saturated heterocycles. The molecule has 0 bridgehead atoms. The summed E-state index contributed by atoms with van der Waals surface area (Å²) in [6.45, 7) is 0. The number of benzene rings is 3. The highest BCUT2D eigenvalue weighted by molar-refractivity contribution is 6.04. The molecule has 1 unspecified atom stereocenters. The maximum atomic E-state index is 14.2. The molecule has 10 heteroatoms. The highest BCUT2D eigenvalue weighted by atomic mass is 19.1. The summed E-state index contributed by atoms with van der Waals surface area (Å²) in [5.41, 5.74) is 8.38. The first-order chi connectivity index (χ1) is 19.3. The molecular weight excluding hydrogens is 516 g/mol. The molecule has 2 heterocycles. The molecule has 1 aromatic heterocycles. The van der Waals surface area contributed by atoms with E-state index in [1.165, 1.54) is 30.5 Å². The molecule has 0 radical (unpaired) electrons. The number of carbonyl (C=O) groups is 3. The number of nitrogens with two attached hydrogens (primary N) is 1. The minimum atomic E-state index is -0.922. The fourth-order valence-corrected chi connectivity index (χ4v) is 4.71. The van der Waals surface area contributed by atoms with Crippen molar-refractivity contribution in [1.29, 1.82) is 0 Å². The molecule has 0 spiro atoms. The van der Waals surface area contributed by atoms with Crippen molar-refractivity contribution in [3.8, 4) is 11.1 Å². The van der Waals surface area contributed by atoms with Gasteiger partial charge in [-0.1, -0.05) is 36.4 Å². The van der Waals surface area contributed by atoms with Crippen molar-refractivity contribution in [3.05, 3.63) is 114 Å². The number of para-hydroxylation sites is 2. The van der Waals surface area contributed by atoms with Gasteiger partial charge in [0.05, 0.1) is 35.1 Å². The summed E-state index contributed by atoms with van der Waals surface area (Å²) >= 11 is 0. The third-order valence-electron chi connectivity index (χ3n) is 6.60. The van der Waals surface area contributed by atoms with Gasteiger partial charge in [0.1, 0.15) is 17.7 Å². The first kappa shape index (κ1) is 26.5. The highest BCUT2D eigenvalue weighted by Crippen LogP contribution is 2.31. The van der Waals surface area contributed by atoms with Crippen molar-refractivity contribution in [2.45, 2.75) is 24.9 Å². The standard InChI is InChI=1S/C30H25F2N5O3/c31-19-6-3-5-17(13-19)14-25(36-27(38)16-26-30(40)37-24-9-2-1-8-23(24)35-26)28-20(7-4-12-34-28)18-10-11-22(32)21(15-18)29(33)39/h1-13,15,25-26,35H,14,16H2,(H2,33,39)(H,36,38)(H,37,40)/t25?,26-/m0/s1. The van der Waals surface area contributed by atoms with E-state index in [9.17, 15) is 23.2 Å². The van der Waals surface area contributed by atoms with Gasteiger partial charge in [-0.05, 0) is 60.0 Å². The van der Waals surface area contributed by atoms with Gasteiger partial charge in [0.2, 0.25) is 11.8 Å². The van der Waals surface area contributed by atoms with Crippen molar-refractivity contribution < 1.29 is 23.2 Å². The van der Waals surface area contributed by atoms with Gasteiger partial charge >= 0.3 is 0 Å². The molecule has 1 aliphatic heterocycles. The van der Waals surface area contributed by atoms with Crippen LogP contribution in [0.15, 0.2) is 85.1 Å². The predicted molar refractivity (Wildman–Crippen MR) is 146 cm³/mol. The number of hydrogen-bond acceptors (Lipinski definition) is 5. The van der Waals surface area contributed by atoms with Gasteiger partial charge in [0.15, 0.2) is 0 Å². The number of nitrogens with one attached hydrogen (secondary N) is 3. The van der Waals surface area contributed by atoms with E-state index in [-0.39, 0.29) is 24.3 Å². The van der Waals surface area contributed by atoms with Crippen LogP contribution in [-0.4, -0.2) is 28.7 Å². The van der Waals surface area contributed by atoms with Gasteiger partial charge in [0, 0.05) is 11.8 Å². The molecular formula is C30H25F2N5O3. The summed E-state index contributed by atoms with van der Waals surface area (Å²) in [6, 6.07) is 18.9. The lowest BCUT2D eigenvalue weighted by atomic mass is 9.94. The first-order valence-corrected chi connectivity index (χ1v) is 12.5. The second-order valence-electron chi connectivity index (χ2n) is 9.39. The zero-order chi connectivity index (χ0) is 28.2. The number of aromatic nitrogens is 1. The van der Waals surface area contributed by atoms with E-state index in [0.717, 1.165) is 6.07 Å². The van der Waals surface area contributed by atoms with Crippen LogP contribution in [0.5, 0.6) is 0 Å². The molecule has 0 fully saturated rings. The zero-order valence-electron chi connectivity index (χ0n) is 21.2. The summed E-state index contributed by atoms with van der Waals surface area (Å²) in [5.74, 6) is -2.91. The van der Waals surface area contributed by atoms with Crippen molar-refractivity contribution in [3.63, 3.8) is 0 Å². The van der Waals surface area contributed by atoms with Crippen LogP contribution < -0.4 is 21.7 Å². The quantitative estimate of drug-likeness (QED) is 0.264. The van der Waals surface area contributed by atoms with E-state index < -0.39 is 35.5 Å². The summed E-state index contributed by atoms with van der Waals surface area (Å²) in [6.07, 6.45) is 1.53. The van der Waals surface area contributed by atoms with Crippen molar-refractivity contribution in [2.24, 2.45) is 5.73 Å². The van der Waals surface area contributed by atoms with Crippen LogP contribution in [0.4, 0.5) is 20.2 Å². The number of primary amides is 1. The second kappa shape index (κ2) is 11.3. The van der Waals surface area contributed by atoms with Crippen LogP contribution in [0, 0.1) is 11.6 Å². The highest BCUT2D eigenvalue weighted by Gasteiger charge is 2.29. The lowest BCUT2D eigenvalue weighted by Gasteiger charge is -2.27. The Kier molecular flexibility index (Phi) is 7.50. The molecule has 40 heavy (non-hydrogen) atoms. The Morgan fingerprint density at radius 1 is 0.975 bits per heavy atom. The molecule has 8 nitrogen and oxygen atoms in total. The molecule has 0 saturated carbocycles. The molecule has 202 valence electrons. The summed E-state index contributed by atoms with van der Waals surface area (Å²) in [5, 5.41) is 8.82. The summed E-state index contributed by atoms with van der Waals surface area (Å²) < 4.78 is 28.2. The largest absolute Gasteiger partial charge is 0.372 e. The smallest absolute Gasteiger partial charge is 0.251 e. The van der Waals surface area contributed by atoms with Crippen LogP contribution in [0.2, 0.25) is 0 Å². The van der Waals surface area contributed by atoms with Gasteiger partial charge in [0.25, 0.3) is 5.91 Å². The first-order valence-electron chi connectivity index (χ1n) is 12.5. The van der Waals surface area contributed by atoms with Crippen LogP contribution in [0.3, 0.4) is 0 Å². The average Bonchev–Trinajstić information content (AvgIpc) is 2.93. The lowest BCUT2D eigenvalue weighted by molar-refractivity contribution is -0.125. The Morgan fingerprint density at radius 2 is 1.77 bits per heavy atom. The number of fused-ring (bicyclic) bond motifs is 1. The van der Waals surface area contributed by atoms with Crippen LogP contribution in [0.25, 0.3) is 11.1 Å². The van der Waals surface area contributed by atoms with Crippen molar-refractivity contribution in [1.82, 2.24) is 10.3 Å². The molecule has 4 aromatic rings. The Hall–Kier alpha value is -5.12.